The predicted octanol–water partition coefficient (Wildman–Crippen LogP) is 4.62. The molecule has 0 unspecified atom stereocenters. The third kappa shape index (κ3) is 5.51. The van der Waals surface area contributed by atoms with Crippen molar-refractivity contribution in [3.63, 3.8) is 0 Å². The maximum Gasteiger partial charge on any atom is 0.230 e. The molecule has 3 aromatic rings. The lowest BCUT2D eigenvalue weighted by atomic mass is 9.89. The Morgan fingerprint density at radius 2 is 1.38 bits per heavy atom. The number of benzene rings is 3. The fourth-order valence-corrected chi connectivity index (χ4v) is 4.09. The van der Waals surface area contributed by atoms with E-state index >= 15 is 0 Å². The number of ether oxygens (including phenoxy) is 3. The summed E-state index contributed by atoms with van der Waals surface area (Å²) in [6, 6.07) is 22.4. The van der Waals surface area contributed by atoms with Crippen LogP contribution in [0.1, 0.15) is 35.6 Å². The van der Waals surface area contributed by atoms with Crippen molar-refractivity contribution in [2.24, 2.45) is 0 Å². The summed E-state index contributed by atoms with van der Waals surface area (Å²) in [6.07, 6.45) is -0.330. The molecule has 0 heterocycles. The summed E-state index contributed by atoms with van der Waals surface area (Å²) in [4.78, 5) is 15.5. The number of likely N-dealkylation sites (N-methyl/N-ethyl adjacent to an activating group) is 1. The molecule has 34 heavy (non-hydrogen) atoms. The maximum atomic E-state index is 13.9. The van der Waals surface area contributed by atoms with Crippen molar-refractivity contribution in [1.82, 2.24) is 4.90 Å². The van der Waals surface area contributed by atoms with Gasteiger partial charge in [0.25, 0.3) is 0 Å². The second-order valence-corrected chi connectivity index (χ2v) is 8.25. The largest absolute Gasteiger partial charge is 0.493 e. The van der Waals surface area contributed by atoms with E-state index in [0.29, 0.717) is 23.7 Å². The van der Waals surface area contributed by atoms with Gasteiger partial charge in [0.15, 0.2) is 11.5 Å². The lowest BCUT2D eigenvalue weighted by Crippen LogP contribution is -2.42. The Labute approximate surface area is 201 Å². The second kappa shape index (κ2) is 11.6. The van der Waals surface area contributed by atoms with E-state index in [4.69, 9.17) is 14.2 Å². The van der Waals surface area contributed by atoms with Crippen LogP contribution in [0, 0.1) is 0 Å². The maximum absolute atomic E-state index is 13.9. The molecule has 0 aliphatic rings. The van der Waals surface area contributed by atoms with Crippen molar-refractivity contribution < 1.29 is 24.1 Å². The minimum absolute atomic E-state index is 0.111. The smallest absolute Gasteiger partial charge is 0.230 e. The third-order valence-electron chi connectivity index (χ3n) is 6.23. The highest BCUT2D eigenvalue weighted by Crippen LogP contribution is 2.41. The molecular weight excluding hydrogens is 430 g/mol. The van der Waals surface area contributed by atoms with Gasteiger partial charge in [-0.1, -0.05) is 60.7 Å². The number of rotatable bonds is 10. The molecule has 6 nitrogen and oxygen atoms in total. The van der Waals surface area contributed by atoms with Crippen LogP contribution >= 0.6 is 0 Å². The summed E-state index contributed by atoms with van der Waals surface area (Å²) in [7, 11) is 6.39. The molecule has 3 atom stereocenters. The summed E-state index contributed by atoms with van der Waals surface area (Å²) in [5, 5.41) is 10.9. The molecule has 0 aliphatic carbocycles. The average molecular weight is 464 g/mol. The standard InChI is InChI=1S/C28H33NO5/c1-19(26(30)21-14-10-7-11-15-21)29(2)28(31)23(16-20-12-8-6-9-13-20)22-17-24(32-3)27(34-5)25(18-22)33-4/h6-15,17-19,23,26,30H,16H2,1-5H3/t19-,23-,26+/m0/s1. The first-order valence-corrected chi connectivity index (χ1v) is 11.2. The van der Waals surface area contributed by atoms with E-state index < -0.39 is 18.1 Å². The number of hydrogen-bond acceptors (Lipinski definition) is 5. The molecule has 1 N–H and O–H groups in total. The third-order valence-corrected chi connectivity index (χ3v) is 6.23. The van der Waals surface area contributed by atoms with Gasteiger partial charge in [-0.25, -0.2) is 0 Å². The fraction of sp³-hybridized carbons (Fsp3) is 0.321. The van der Waals surface area contributed by atoms with E-state index in [9.17, 15) is 9.90 Å². The Bertz CT molecular complexity index is 1050. The van der Waals surface area contributed by atoms with Crippen LogP contribution in [0.15, 0.2) is 72.8 Å². The zero-order chi connectivity index (χ0) is 24.7. The van der Waals surface area contributed by atoms with Gasteiger partial charge in [0.1, 0.15) is 0 Å². The summed E-state index contributed by atoms with van der Waals surface area (Å²) in [5.74, 6) is 0.818. The molecule has 0 aliphatic heterocycles. The second-order valence-electron chi connectivity index (χ2n) is 8.25. The van der Waals surface area contributed by atoms with Crippen LogP contribution in [0.3, 0.4) is 0 Å². The zero-order valence-corrected chi connectivity index (χ0v) is 20.4. The van der Waals surface area contributed by atoms with Gasteiger partial charge in [0.05, 0.1) is 39.4 Å². The molecule has 0 saturated heterocycles. The molecule has 0 saturated carbocycles. The zero-order valence-electron chi connectivity index (χ0n) is 20.4. The van der Waals surface area contributed by atoms with E-state index in [1.54, 1.807) is 33.3 Å². The van der Waals surface area contributed by atoms with Crippen LogP contribution in [0.5, 0.6) is 17.2 Å². The van der Waals surface area contributed by atoms with Crippen molar-refractivity contribution in [2.45, 2.75) is 31.4 Å². The number of amides is 1. The van der Waals surface area contributed by atoms with Crippen molar-refractivity contribution in [2.75, 3.05) is 28.4 Å². The first-order valence-electron chi connectivity index (χ1n) is 11.2. The summed E-state index contributed by atoms with van der Waals surface area (Å²) < 4.78 is 16.5. The molecule has 180 valence electrons. The van der Waals surface area contributed by atoms with Crippen molar-refractivity contribution in [3.8, 4) is 17.2 Å². The normalized spacial score (nSPS) is 13.5. The van der Waals surface area contributed by atoms with Crippen LogP contribution in [0.2, 0.25) is 0 Å². The molecule has 0 radical (unpaired) electrons. The molecule has 0 fully saturated rings. The molecule has 0 spiro atoms. The Morgan fingerprint density at radius 1 is 0.853 bits per heavy atom. The number of carbonyl (C=O) groups is 1. The van der Waals surface area contributed by atoms with Gasteiger partial charge in [0.2, 0.25) is 11.7 Å². The van der Waals surface area contributed by atoms with E-state index in [2.05, 4.69) is 0 Å². The SMILES string of the molecule is COc1cc([C@H](Cc2ccccc2)C(=O)N(C)[C@@H](C)[C@@H](O)c2ccccc2)cc(OC)c1OC. The summed E-state index contributed by atoms with van der Waals surface area (Å²) >= 11 is 0. The summed E-state index contributed by atoms with van der Waals surface area (Å²) in [5.41, 5.74) is 2.54. The van der Waals surface area contributed by atoms with Crippen LogP contribution in [0.4, 0.5) is 0 Å². The Morgan fingerprint density at radius 3 is 1.88 bits per heavy atom. The minimum Gasteiger partial charge on any atom is -0.493 e. The molecule has 1 amide bonds. The van der Waals surface area contributed by atoms with Gasteiger partial charge in [0, 0.05) is 7.05 Å². The Balaban J connectivity index is 2.00. The van der Waals surface area contributed by atoms with Crippen LogP contribution in [0.25, 0.3) is 0 Å². The van der Waals surface area contributed by atoms with E-state index in [1.165, 1.54) is 0 Å². The van der Waals surface area contributed by atoms with E-state index in [-0.39, 0.29) is 5.91 Å². The topological polar surface area (TPSA) is 68.2 Å². The number of carbonyl (C=O) groups excluding carboxylic acids is 1. The number of nitrogens with zero attached hydrogens (tertiary/aromatic N) is 1. The van der Waals surface area contributed by atoms with Gasteiger partial charge in [-0.05, 0) is 42.2 Å². The number of hydrogen-bond donors (Lipinski definition) is 1. The minimum atomic E-state index is -0.813. The van der Waals surface area contributed by atoms with Crippen molar-refractivity contribution in [1.29, 1.82) is 0 Å². The molecule has 3 rings (SSSR count). The average Bonchev–Trinajstić information content (AvgIpc) is 2.90. The molecular formula is C28H33NO5. The van der Waals surface area contributed by atoms with Gasteiger partial charge in [-0.3, -0.25) is 4.79 Å². The Hall–Kier alpha value is -3.51. The Kier molecular flexibility index (Phi) is 8.55. The van der Waals surface area contributed by atoms with E-state index in [1.807, 2.05) is 79.7 Å². The van der Waals surface area contributed by atoms with Gasteiger partial charge in [-0.15, -0.1) is 0 Å². The van der Waals surface area contributed by atoms with Crippen LogP contribution < -0.4 is 14.2 Å². The lowest BCUT2D eigenvalue weighted by Gasteiger charge is -2.32. The van der Waals surface area contributed by atoms with Crippen molar-refractivity contribution in [3.05, 3.63) is 89.5 Å². The van der Waals surface area contributed by atoms with Crippen molar-refractivity contribution >= 4 is 5.91 Å². The fourth-order valence-electron chi connectivity index (χ4n) is 4.09. The molecule has 6 heteroatoms. The highest BCUT2D eigenvalue weighted by atomic mass is 16.5. The van der Waals surface area contributed by atoms with E-state index in [0.717, 1.165) is 16.7 Å². The lowest BCUT2D eigenvalue weighted by molar-refractivity contribution is -0.135. The molecule has 3 aromatic carbocycles. The number of aliphatic hydroxyl groups is 1. The molecule has 0 bridgehead atoms. The van der Waals surface area contributed by atoms with Crippen LogP contribution in [-0.4, -0.2) is 50.3 Å². The quantitative estimate of drug-likeness (QED) is 0.475. The van der Waals surface area contributed by atoms with Gasteiger partial charge >= 0.3 is 0 Å². The number of methoxy groups -OCH3 is 3. The highest BCUT2D eigenvalue weighted by Gasteiger charge is 2.31. The van der Waals surface area contributed by atoms with Crippen LogP contribution in [-0.2, 0) is 11.2 Å². The molecule has 0 aromatic heterocycles. The van der Waals surface area contributed by atoms with Gasteiger partial charge < -0.3 is 24.2 Å². The first kappa shape index (κ1) is 25.1. The van der Waals surface area contributed by atoms with Gasteiger partial charge in [-0.2, -0.15) is 0 Å². The monoisotopic (exact) mass is 463 g/mol. The first-order chi connectivity index (χ1) is 16.4. The highest BCUT2D eigenvalue weighted by molar-refractivity contribution is 5.85. The summed E-state index contributed by atoms with van der Waals surface area (Å²) in [6.45, 7) is 1.85. The number of aliphatic hydroxyl groups excluding tert-OH is 1. The predicted molar refractivity (Wildman–Crippen MR) is 133 cm³/mol.